The minimum Gasteiger partial charge on any atom is -0.395 e. The number of hydrogen-bond acceptors (Lipinski definition) is 2. The predicted molar refractivity (Wildman–Crippen MR) is 70.9 cm³/mol. The third kappa shape index (κ3) is 2.46. The van der Waals surface area contributed by atoms with Crippen LogP contribution in [0.15, 0.2) is 0 Å². The lowest BCUT2D eigenvalue weighted by molar-refractivity contribution is 0.101. The van der Waals surface area contributed by atoms with Gasteiger partial charge in [-0.25, -0.2) is 0 Å². The van der Waals surface area contributed by atoms with Crippen LogP contribution in [0.1, 0.15) is 39.0 Å². The zero-order valence-corrected chi connectivity index (χ0v) is 11.9. The van der Waals surface area contributed by atoms with Gasteiger partial charge < -0.3 is 5.11 Å². The zero-order valence-electron chi connectivity index (χ0n) is 10.3. The van der Waals surface area contributed by atoms with Gasteiger partial charge in [-0.3, -0.25) is 4.90 Å². The smallest absolute Gasteiger partial charge is 0.0589 e. The number of aliphatic hydroxyl groups is 1. The van der Waals surface area contributed by atoms with Gasteiger partial charge in [-0.2, -0.15) is 0 Å². The largest absolute Gasteiger partial charge is 0.395 e. The second-order valence-corrected chi connectivity index (χ2v) is 6.39. The Bertz CT molecular complexity index is 228. The molecule has 0 spiro atoms. The summed E-state index contributed by atoms with van der Waals surface area (Å²) in [5.74, 6) is 0.666. The minimum absolute atomic E-state index is 0.333. The molecule has 2 rings (SSSR count). The van der Waals surface area contributed by atoms with Gasteiger partial charge in [0.25, 0.3) is 0 Å². The molecule has 2 atom stereocenters. The standard InChI is InChI=1S/C13H24BrNO/c1-11-4-7-15(12(11)8-16)10-13(9-14)5-2-3-6-13/h11-12,16H,2-10H2,1H3. The van der Waals surface area contributed by atoms with E-state index in [0.29, 0.717) is 24.0 Å². The average Bonchev–Trinajstić information content (AvgIpc) is 2.88. The highest BCUT2D eigenvalue weighted by molar-refractivity contribution is 9.09. The summed E-state index contributed by atoms with van der Waals surface area (Å²) in [7, 11) is 0. The summed E-state index contributed by atoms with van der Waals surface area (Å²) in [6.07, 6.45) is 6.75. The molecular weight excluding hydrogens is 266 g/mol. The van der Waals surface area contributed by atoms with Crippen LogP contribution in [0.25, 0.3) is 0 Å². The molecule has 0 aromatic carbocycles. The number of hydrogen-bond donors (Lipinski definition) is 1. The Morgan fingerprint density at radius 1 is 1.38 bits per heavy atom. The molecule has 0 aromatic rings. The van der Waals surface area contributed by atoms with Gasteiger partial charge in [-0.15, -0.1) is 0 Å². The van der Waals surface area contributed by atoms with E-state index in [9.17, 15) is 5.11 Å². The van der Waals surface area contributed by atoms with Gasteiger partial charge in [0, 0.05) is 17.9 Å². The van der Waals surface area contributed by atoms with E-state index in [4.69, 9.17) is 0 Å². The van der Waals surface area contributed by atoms with Gasteiger partial charge >= 0.3 is 0 Å². The molecule has 1 aliphatic heterocycles. The quantitative estimate of drug-likeness (QED) is 0.805. The lowest BCUT2D eigenvalue weighted by Gasteiger charge is -2.35. The highest BCUT2D eigenvalue weighted by atomic mass is 79.9. The maximum absolute atomic E-state index is 9.48. The van der Waals surface area contributed by atoms with Crippen molar-refractivity contribution in [3.63, 3.8) is 0 Å². The van der Waals surface area contributed by atoms with Crippen LogP contribution < -0.4 is 0 Å². The van der Waals surface area contributed by atoms with Crippen molar-refractivity contribution in [2.75, 3.05) is 25.0 Å². The molecule has 2 nitrogen and oxygen atoms in total. The van der Waals surface area contributed by atoms with Crippen molar-refractivity contribution in [1.29, 1.82) is 0 Å². The predicted octanol–water partition coefficient (Wildman–Crippen LogP) is 2.64. The third-order valence-corrected chi connectivity index (χ3v) is 5.86. The van der Waals surface area contributed by atoms with E-state index in [2.05, 4.69) is 27.8 Å². The van der Waals surface area contributed by atoms with Gasteiger partial charge in [-0.1, -0.05) is 35.7 Å². The maximum atomic E-state index is 9.48. The summed E-state index contributed by atoms with van der Waals surface area (Å²) in [5, 5.41) is 10.6. The lowest BCUT2D eigenvalue weighted by atomic mass is 9.87. The van der Waals surface area contributed by atoms with E-state index >= 15 is 0 Å². The van der Waals surface area contributed by atoms with E-state index in [0.717, 1.165) is 5.33 Å². The van der Waals surface area contributed by atoms with Crippen LogP contribution in [-0.4, -0.2) is 41.1 Å². The second-order valence-electron chi connectivity index (χ2n) is 5.83. The van der Waals surface area contributed by atoms with Crippen molar-refractivity contribution in [3.05, 3.63) is 0 Å². The summed E-state index contributed by atoms with van der Waals surface area (Å²) in [4.78, 5) is 2.54. The molecule has 1 N–H and O–H groups in total. The van der Waals surface area contributed by atoms with E-state index < -0.39 is 0 Å². The summed E-state index contributed by atoms with van der Waals surface area (Å²) >= 11 is 3.71. The molecule has 2 unspecified atom stereocenters. The molecule has 94 valence electrons. The Hall–Kier alpha value is 0.400. The van der Waals surface area contributed by atoms with E-state index in [1.165, 1.54) is 45.2 Å². The molecule has 2 fully saturated rings. The molecule has 1 aliphatic carbocycles. The van der Waals surface area contributed by atoms with E-state index in [1.807, 2.05) is 0 Å². The Morgan fingerprint density at radius 3 is 2.62 bits per heavy atom. The van der Waals surface area contributed by atoms with Crippen LogP contribution in [0.5, 0.6) is 0 Å². The molecule has 3 heteroatoms. The van der Waals surface area contributed by atoms with Gasteiger partial charge in [0.1, 0.15) is 0 Å². The molecule has 1 saturated carbocycles. The first-order chi connectivity index (χ1) is 7.71. The first-order valence-electron chi connectivity index (χ1n) is 6.62. The Kier molecular flexibility index (Phi) is 4.31. The van der Waals surface area contributed by atoms with Crippen LogP contribution in [0.3, 0.4) is 0 Å². The van der Waals surface area contributed by atoms with Crippen LogP contribution >= 0.6 is 15.9 Å². The molecule has 0 radical (unpaired) electrons. The topological polar surface area (TPSA) is 23.5 Å². The first-order valence-corrected chi connectivity index (χ1v) is 7.74. The molecule has 2 aliphatic rings. The number of alkyl halides is 1. The number of likely N-dealkylation sites (tertiary alicyclic amines) is 1. The zero-order chi connectivity index (χ0) is 11.6. The van der Waals surface area contributed by atoms with Crippen molar-refractivity contribution in [2.45, 2.75) is 45.1 Å². The maximum Gasteiger partial charge on any atom is 0.0589 e. The van der Waals surface area contributed by atoms with Crippen LogP contribution in [-0.2, 0) is 0 Å². The third-order valence-electron chi connectivity index (χ3n) is 4.67. The van der Waals surface area contributed by atoms with Crippen LogP contribution in [0.4, 0.5) is 0 Å². The first kappa shape index (κ1) is 12.8. The Morgan fingerprint density at radius 2 is 2.06 bits per heavy atom. The number of halogens is 1. The van der Waals surface area contributed by atoms with Gasteiger partial charge in [-0.05, 0) is 37.1 Å². The van der Waals surface area contributed by atoms with Crippen molar-refractivity contribution in [3.8, 4) is 0 Å². The highest BCUT2D eigenvalue weighted by Gasteiger charge is 2.39. The monoisotopic (exact) mass is 289 g/mol. The summed E-state index contributed by atoms with van der Waals surface area (Å²) in [6.45, 7) is 4.98. The van der Waals surface area contributed by atoms with E-state index in [-0.39, 0.29) is 0 Å². The van der Waals surface area contributed by atoms with E-state index in [1.54, 1.807) is 0 Å². The molecule has 0 bridgehead atoms. The minimum atomic E-state index is 0.333. The van der Waals surface area contributed by atoms with Gasteiger partial charge in [0.2, 0.25) is 0 Å². The molecule has 1 heterocycles. The fourth-order valence-electron chi connectivity index (χ4n) is 3.47. The number of aliphatic hydroxyl groups excluding tert-OH is 1. The van der Waals surface area contributed by atoms with Crippen molar-refractivity contribution in [1.82, 2.24) is 4.90 Å². The second kappa shape index (κ2) is 5.36. The summed E-state index contributed by atoms with van der Waals surface area (Å²) in [6, 6.07) is 0.413. The van der Waals surface area contributed by atoms with Crippen LogP contribution in [0.2, 0.25) is 0 Å². The molecule has 0 amide bonds. The van der Waals surface area contributed by atoms with Crippen LogP contribution in [0, 0.1) is 11.3 Å². The molecular formula is C13H24BrNO. The summed E-state index contributed by atoms with van der Waals surface area (Å²) < 4.78 is 0. The van der Waals surface area contributed by atoms with Crippen molar-refractivity contribution in [2.24, 2.45) is 11.3 Å². The average molecular weight is 290 g/mol. The Balaban J connectivity index is 1.97. The SMILES string of the molecule is CC1CCN(CC2(CBr)CCCC2)C1CO. The molecule has 16 heavy (non-hydrogen) atoms. The summed E-state index contributed by atoms with van der Waals surface area (Å²) in [5.41, 5.74) is 0.497. The normalized spacial score (nSPS) is 34.7. The van der Waals surface area contributed by atoms with Crippen molar-refractivity contribution >= 4 is 15.9 Å². The lowest BCUT2D eigenvalue weighted by Crippen LogP contribution is -2.43. The number of rotatable bonds is 4. The molecule has 0 aromatic heterocycles. The highest BCUT2D eigenvalue weighted by Crippen LogP contribution is 2.41. The fourth-order valence-corrected chi connectivity index (χ4v) is 4.21. The van der Waals surface area contributed by atoms with Gasteiger partial charge in [0.15, 0.2) is 0 Å². The Labute approximate surface area is 108 Å². The fraction of sp³-hybridized carbons (Fsp3) is 1.00. The molecule has 1 saturated heterocycles. The van der Waals surface area contributed by atoms with Gasteiger partial charge in [0.05, 0.1) is 6.61 Å². The number of nitrogens with zero attached hydrogens (tertiary/aromatic N) is 1. The van der Waals surface area contributed by atoms with Crippen molar-refractivity contribution < 1.29 is 5.11 Å².